The molecule has 1 aliphatic heterocycles. The van der Waals surface area contributed by atoms with Crippen LogP contribution in [0.3, 0.4) is 0 Å². The van der Waals surface area contributed by atoms with Gasteiger partial charge in [0.1, 0.15) is 12.2 Å². The number of thioether (sulfide) groups is 1. The molecule has 0 spiro atoms. The number of rotatable bonds is 17. The van der Waals surface area contributed by atoms with Crippen LogP contribution in [0.15, 0.2) is 67.3 Å². The van der Waals surface area contributed by atoms with Crippen LogP contribution in [0.25, 0.3) is 0 Å². The Bertz CT molecular complexity index is 1060. The summed E-state index contributed by atoms with van der Waals surface area (Å²) in [7, 11) is 0. The average Bonchev–Trinajstić information content (AvgIpc) is 3.02. The molecule has 1 aliphatic rings. The maximum absolute atomic E-state index is 13.7. The van der Waals surface area contributed by atoms with Crippen LogP contribution in [-0.2, 0) is 16.1 Å². The molecular weight excluding hydrogens is 546 g/mol. The van der Waals surface area contributed by atoms with Crippen molar-refractivity contribution in [3.8, 4) is 12.3 Å². The SMILES string of the molecule is C#CCN(CC)N(C(=O)NCc1ccccc1)C1CN(CCSC/C(C=C)=C/C=C)C(=O)[C@H](CCCC)N1C=O.CC. The Labute approximate surface area is 257 Å². The molecule has 4 amide bonds. The largest absolute Gasteiger partial charge is 0.336 e. The van der Waals surface area contributed by atoms with Crippen LogP contribution in [0.1, 0.15) is 52.5 Å². The van der Waals surface area contributed by atoms with E-state index < -0.39 is 12.2 Å². The molecule has 1 fully saturated rings. The van der Waals surface area contributed by atoms with Gasteiger partial charge in [-0.3, -0.25) is 9.59 Å². The quantitative estimate of drug-likeness (QED) is 0.0869. The highest BCUT2D eigenvalue weighted by molar-refractivity contribution is 7.99. The minimum atomic E-state index is -0.699. The number of hydrazine groups is 1. The van der Waals surface area contributed by atoms with Crippen molar-refractivity contribution < 1.29 is 14.4 Å². The van der Waals surface area contributed by atoms with Gasteiger partial charge in [0.2, 0.25) is 12.3 Å². The zero-order valence-electron chi connectivity index (χ0n) is 25.8. The number of nitrogens with zero attached hydrogens (tertiary/aromatic N) is 4. The van der Waals surface area contributed by atoms with Crippen LogP contribution in [0.4, 0.5) is 4.79 Å². The number of terminal acetylenes is 1. The molecule has 0 bridgehead atoms. The summed E-state index contributed by atoms with van der Waals surface area (Å²) in [6, 6.07) is 8.58. The molecule has 0 radical (unpaired) electrons. The molecule has 1 aromatic rings. The fraction of sp³-hybridized carbons (Fsp3) is 0.485. The topological polar surface area (TPSA) is 76.2 Å². The molecule has 2 atom stereocenters. The van der Waals surface area contributed by atoms with Crippen molar-refractivity contribution in [3.63, 3.8) is 0 Å². The van der Waals surface area contributed by atoms with Gasteiger partial charge in [-0.2, -0.15) is 11.8 Å². The van der Waals surface area contributed by atoms with Crippen LogP contribution in [0.2, 0.25) is 0 Å². The second kappa shape index (κ2) is 21.3. The van der Waals surface area contributed by atoms with Crippen LogP contribution in [0, 0.1) is 12.3 Å². The van der Waals surface area contributed by atoms with Gasteiger partial charge in [0, 0.05) is 31.1 Å². The van der Waals surface area contributed by atoms with E-state index in [1.54, 1.807) is 33.8 Å². The Hall–Kier alpha value is -3.48. The van der Waals surface area contributed by atoms with Crippen molar-refractivity contribution in [2.75, 3.05) is 37.7 Å². The van der Waals surface area contributed by atoms with E-state index in [0.29, 0.717) is 38.2 Å². The fourth-order valence-corrected chi connectivity index (χ4v) is 5.53. The van der Waals surface area contributed by atoms with Gasteiger partial charge in [-0.1, -0.05) is 108 Å². The number of benzene rings is 1. The number of carbonyl (C=O) groups excluding carboxylic acids is 3. The van der Waals surface area contributed by atoms with Crippen LogP contribution in [-0.4, -0.2) is 88.1 Å². The third kappa shape index (κ3) is 11.1. The van der Waals surface area contributed by atoms with Gasteiger partial charge in [-0.25, -0.2) is 14.8 Å². The molecule has 0 saturated carbocycles. The van der Waals surface area contributed by atoms with Crippen molar-refractivity contribution in [3.05, 3.63) is 72.9 Å². The van der Waals surface area contributed by atoms with Gasteiger partial charge in [0.15, 0.2) is 0 Å². The van der Waals surface area contributed by atoms with Gasteiger partial charge in [0.25, 0.3) is 0 Å². The molecule has 1 saturated heterocycles. The predicted molar refractivity (Wildman–Crippen MR) is 175 cm³/mol. The van der Waals surface area contributed by atoms with Gasteiger partial charge in [-0.05, 0) is 17.6 Å². The van der Waals surface area contributed by atoms with Gasteiger partial charge < -0.3 is 15.1 Å². The van der Waals surface area contributed by atoms with Crippen molar-refractivity contribution >= 4 is 30.1 Å². The van der Waals surface area contributed by atoms with Gasteiger partial charge in [-0.15, -0.1) is 6.42 Å². The predicted octanol–water partition coefficient (Wildman–Crippen LogP) is 5.31. The highest BCUT2D eigenvalue weighted by Crippen LogP contribution is 2.25. The average molecular weight is 596 g/mol. The van der Waals surface area contributed by atoms with Crippen molar-refractivity contribution in [1.29, 1.82) is 0 Å². The summed E-state index contributed by atoms with van der Waals surface area (Å²) >= 11 is 1.69. The number of piperazine rings is 1. The van der Waals surface area contributed by atoms with Crippen LogP contribution >= 0.6 is 11.8 Å². The summed E-state index contributed by atoms with van der Waals surface area (Å²) in [5.41, 5.74) is 2.01. The smallest absolute Gasteiger partial charge is 0.334 e. The van der Waals surface area contributed by atoms with E-state index in [9.17, 15) is 14.4 Å². The molecule has 2 rings (SSSR count). The molecule has 1 N–H and O–H groups in total. The van der Waals surface area contributed by atoms with Crippen LogP contribution in [0.5, 0.6) is 0 Å². The lowest BCUT2D eigenvalue weighted by Crippen LogP contribution is -2.70. The molecule has 8 nitrogen and oxygen atoms in total. The maximum Gasteiger partial charge on any atom is 0.334 e. The van der Waals surface area contributed by atoms with Gasteiger partial charge in [0.05, 0.1) is 13.1 Å². The zero-order chi connectivity index (χ0) is 31.3. The van der Waals surface area contributed by atoms with E-state index in [2.05, 4.69) is 24.4 Å². The Morgan fingerprint density at radius 3 is 2.52 bits per heavy atom. The lowest BCUT2D eigenvalue weighted by atomic mass is 10.0. The third-order valence-corrected chi connectivity index (χ3v) is 7.73. The van der Waals surface area contributed by atoms with E-state index >= 15 is 0 Å². The number of amides is 4. The molecule has 0 aromatic heterocycles. The minimum Gasteiger partial charge on any atom is -0.336 e. The monoisotopic (exact) mass is 595 g/mol. The van der Waals surface area contributed by atoms with E-state index in [4.69, 9.17) is 6.42 Å². The number of hydrogen-bond acceptors (Lipinski definition) is 5. The normalized spacial score (nSPS) is 16.7. The molecule has 0 aliphatic carbocycles. The minimum absolute atomic E-state index is 0.0902. The number of hydrogen-bond donors (Lipinski definition) is 1. The standard InChI is InChI=1S/C31H43N5O3S.C2H6/c1-6-11-18-28-30(38)33(20-21-40-24-26(9-4)15-7-2)23-29(35(28)25-37)36(34(10-5)19-8-3)31(39)32-22-27-16-13-12-14-17-27;1-2/h3,7,9,12-17,25,28-29H,2,4,6,10-11,18-24H2,1,5H3,(H,32,39);1-2H3/b26-15+;/t28-,29?;/m0./s1. The summed E-state index contributed by atoms with van der Waals surface area (Å²) < 4.78 is 0. The van der Waals surface area contributed by atoms with Crippen molar-refractivity contribution in [1.82, 2.24) is 25.1 Å². The summed E-state index contributed by atoms with van der Waals surface area (Å²) in [6.07, 6.45) is 13.3. The summed E-state index contributed by atoms with van der Waals surface area (Å²) in [4.78, 5) is 43.1. The molecule has 230 valence electrons. The molecule has 1 unspecified atom stereocenters. The lowest BCUT2D eigenvalue weighted by molar-refractivity contribution is -0.165. The first-order valence-corrected chi connectivity index (χ1v) is 15.9. The molecule has 9 heteroatoms. The van der Waals surface area contributed by atoms with Crippen molar-refractivity contribution in [2.24, 2.45) is 0 Å². The number of carbonyl (C=O) groups is 3. The first kappa shape index (κ1) is 36.5. The van der Waals surface area contributed by atoms with Crippen LogP contribution < -0.4 is 5.32 Å². The Morgan fingerprint density at radius 1 is 1.24 bits per heavy atom. The molecular formula is C33H49N5O3S. The van der Waals surface area contributed by atoms with E-state index in [1.807, 2.05) is 64.1 Å². The Morgan fingerprint density at radius 2 is 1.95 bits per heavy atom. The second-order valence-electron chi connectivity index (χ2n) is 9.38. The number of urea groups is 1. The molecule has 42 heavy (non-hydrogen) atoms. The number of allylic oxidation sites excluding steroid dienone is 3. The Balaban J connectivity index is 0.00000431. The van der Waals surface area contributed by atoms with E-state index in [0.717, 1.165) is 29.7 Å². The molecule has 1 aromatic carbocycles. The fourth-order valence-electron chi connectivity index (χ4n) is 4.59. The highest BCUT2D eigenvalue weighted by Gasteiger charge is 2.44. The first-order valence-electron chi connectivity index (χ1n) is 14.8. The van der Waals surface area contributed by atoms with Gasteiger partial charge >= 0.3 is 6.03 Å². The zero-order valence-corrected chi connectivity index (χ0v) is 26.7. The first-order chi connectivity index (χ1) is 20.4. The van der Waals surface area contributed by atoms with E-state index in [1.165, 1.54) is 9.91 Å². The summed E-state index contributed by atoms with van der Waals surface area (Å²) in [5, 5.41) is 6.26. The maximum atomic E-state index is 13.7. The third-order valence-electron chi connectivity index (χ3n) is 6.73. The van der Waals surface area contributed by atoms with Crippen molar-refractivity contribution in [2.45, 2.75) is 65.7 Å². The summed E-state index contributed by atoms with van der Waals surface area (Å²) in [6.45, 7) is 17.2. The molecule has 1 heterocycles. The summed E-state index contributed by atoms with van der Waals surface area (Å²) in [5.74, 6) is 3.99. The highest BCUT2D eigenvalue weighted by atomic mass is 32.2. The van der Waals surface area contributed by atoms with E-state index in [-0.39, 0.29) is 25.0 Å². The Kier molecular flexibility index (Phi) is 18.5. The number of nitrogens with one attached hydrogen (secondary N) is 1. The lowest BCUT2D eigenvalue weighted by Gasteiger charge is -2.50. The number of unbranched alkanes of at least 4 members (excludes halogenated alkanes) is 1. The second-order valence-corrected chi connectivity index (χ2v) is 10.5.